The average Bonchev–Trinajstić information content (AvgIpc) is 2.46. The Bertz CT molecular complexity index is 509. The van der Waals surface area contributed by atoms with E-state index in [1.165, 1.54) is 37.7 Å². The Hall–Kier alpha value is -1.33. The molecule has 20 heavy (non-hydrogen) atoms. The highest BCUT2D eigenvalue weighted by atomic mass is 14.9. The van der Waals surface area contributed by atoms with Crippen molar-refractivity contribution in [3.63, 3.8) is 0 Å². The zero-order valence-electron chi connectivity index (χ0n) is 12.3. The van der Waals surface area contributed by atoms with Crippen molar-refractivity contribution in [3.8, 4) is 6.07 Å². The molecule has 1 aromatic rings. The lowest BCUT2D eigenvalue weighted by Crippen LogP contribution is -2.39. The Morgan fingerprint density at radius 2 is 1.90 bits per heavy atom. The van der Waals surface area contributed by atoms with Crippen LogP contribution in [0.2, 0.25) is 0 Å². The van der Waals surface area contributed by atoms with Gasteiger partial charge in [-0.2, -0.15) is 5.26 Å². The maximum atomic E-state index is 9.20. The number of nitrogens with one attached hydrogen (secondary N) is 1. The molecule has 0 unspecified atom stereocenters. The van der Waals surface area contributed by atoms with Crippen LogP contribution in [0, 0.1) is 16.7 Å². The van der Waals surface area contributed by atoms with Crippen molar-refractivity contribution < 1.29 is 0 Å². The van der Waals surface area contributed by atoms with Crippen LogP contribution in [0.15, 0.2) is 18.2 Å². The topological polar surface area (TPSA) is 35.8 Å². The molecule has 0 aromatic heterocycles. The van der Waals surface area contributed by atoms with Crippen LogP contribution < -0.4 is 5.32 Å². The van der Waals surface area contributed by atoms with Gasteiger partial charge < -0.3 is 5.32 Å². The number of hydrogen-bond acceptors (Lipinski definition) is 2. The monoisotopic (exact) mass is 268 g/mol. The van der Waals surface area contributed by atoms with Gasteiger partial charge in [-0.05, 0) is 68.2 Å². The van der Waals surface area contributed by atoms with E-state index in [-0.39, 0.29) is 5.41 Å². The molecule has 3 rings (SSSR count). The second-order valence-electron chi connectivity index (χ2n) is 6.48. The first-order valence-corrected chi connectivity index (χ1v) is 8.04. The Morgan fingerprint density at radius 3 is 2.60 bits per heavy atom. The smallest absolute Gasteiger partial charge is 0.0703 e. The summed E-state index contributed by atoms with van der Waals surface area (Å²) < 4.78 is 0. The highest BCUT2D eigenvalue weighted by molar-refractivity contribution is 5.34. The molecule has 2 nitrogen and oxygen atoms in total. The van der Waals surface area contributed by atoms with Crippen LogP contribution in [0.5, 0.6) is 0 Å². The van der Waals surface area contributed by atoms with Crippen LogP contribution in [-0.4, -0.2) is 13.1 Å². The van der Waals surface area contributed by atoms with E-state index in [0.29, 0.717) is 0 Å². The van der Waals surface area contributed by atoms with Crippen molar-refractivity contribution >= 4 is 0 Å². The summed E-state index contributed by atoms with van der Waals surface area (Å²) in [7, 11) is 0. The fourth-order valence-corrected chi connectivity index (χ4v) is 3.43. The Labute approximate surface area is 122 Å². The molecule has 0 bridgehead atoms. The largest absolute Gasteiger partial charge is 0.315 e. The van der Waals surface area contributed by atoms with Gasteiger partial charge in [0.05, 0.1) is 11.5 Å². The highest BCUT2D eigenvalue weighted by Crippen LogP contribution is 2.39. The zero-order valence-corrected chi connectivity index (χ0v) is 12.3. The fourth-order valence-electron chi connectivity index (χ4n) is 3.43. The predicted octanol–water partition coefficient (Wildman–Crippen LogP) is 3.39. The molecule has 0 saturated heterocycles. The van der Waals surface area contributed by atoms with Crippen molar-refractivity contribution in [1.29, 1.82) is 5.26 Å². The molecule has 0 atom stereocenters. The van der Waals surface area contributed by atoms with E-state index in [2.05, 4.69) is 29.6 Å². The lowest BCUT2D eigenvalue weighted by Gasteiger charge is -2.35. The lowest BCUT2D eigenvalue weighted by molar-refractivity contribution is 0.208. The third kappa shape index (κ3) is 2.88. The lowest BCUT2D eigenvalue weighted by atomic mass is 9.70. The second-order valence-corrected chi connectivity index (χ2v) is 6.48. The molecule has 1 fully saturated rings. The first kappa shape index (κ1) is 13.6. The van der Waals surface area contributed by atoms with E-state index < -0.39 is 0 Å². The SMILES string of the molecule is N#CC1(CNCCc2ccc3c(c2)CCCC3)CCC1. The molecular weight excluding hydrogens is 244 g/mol. The number of nitrogens with zero attached hydrogens (tertiary/aromatic N) is 1. The minimum atomic E-state index is -0.0458. The number of rotatable bonds is 5. The summed E-state index contributed by atoms with van der Waals surface area (Å²) >= 11 is 0. The summed E-state index contributed by atoms with van der Waals surface area (Å²) in [5.74, 6) is 0. The Kier molecular flexibility index (Phi) is 4.08. The van der Waals surface area contributed by atoms with Gasteiger partial charge in [0.15, 0.2) is 0 Å². The number of nitriles is 1. The summed E-state index contributed by atoms with van der Waals surface area (Å²) in [5.41, 5.74) is 4.53. The van der Waals surface area contributed by atoms with Crippen LogP contribution in [0.25, 0.3) is 0 Å². The fraction of sp³-hybridized carbons (Fsp3) is 0.611. The molecule has 1 aromatic carbocycles. The molecular formula is C18H24N2. The van der Waals surface area contributed by atoms with E-state index in [1.54, 1.807) is 11.1 Å². The molecule has 1 N–H and O–H groups in total. The molecule has 0 amide bonds. The molecule has 2 aliphatic rings. The highest BCUT2D eigenvalue weighted by Gasteiger charge is 2.36. The van der Waals surface area contributed by atoms with E-state index >= 15 is 0 Å². The number of benzene rings is 1. The molecule has 0 aliphatic heterocycles. The standard InChI is InChI=1S/C18H24N2/c19-13-18(9-3-10-18)14-20-11-8-15-6-7-16-4-1-2-5-17(16)12-15/h6-7,12,20H,1-5,8-11,14H2. The average molecular weight is 268 g/mol. The molecule has 0 spiro atoms. The number of fused-ring (bicyclic) bond motifs is 1. The van der Waals surface area contributed by atoms with Gasteiger partial charge in [-0.15, -0.1) is 0 Å². The normalized spacial score (nSPS) is 19.8. The first-order chi connectivity index (χ1) is 9.81. The number of aryl methyl sites for hydroxylation is 2. The summed E-state index contributed by atoms with van der Waals surface area (Å²) in [6.07, 6.45) is 9.68. The molecule has 0 radical (unpaired) electrons. The predicted molar refractivity (Wildman–Crippen MR) is 81.6 cm³/mol. The molecule has 106 valence electrons. The first-order valence-electron chi connectivity index (χ1n) is 8.04. The molecule has 1 saturated carbocycles. The summed E-state index contributed by atoms with van der Waals surface area (Å²) in [5, 5.41) is 12.7. The van der Waals surface area contributed by atoms with Crippen LogP contribution in [-0.2, 0) is 19.3 Å². The third-order valence-electron chi connectivity index (χ3n) is 5.01. The summed E-state index contributed by atoms with van der Waals surface area (Å²) in [4.78, 5) is 0. The van der Waals surface area contributed by atoms with Crippen LogP contribution in [0.1, 0.15) is 48.8 Å². The minimum Gasteiger partial charge on any atom is -0.315 e. The van der Waals surface area contributed by atoms with Gasteiger partial charge in [0.1, 0.15) is 0 Å². The van der Waals surface area contributed by atoms with E-state index in [1.807, 2.05) is 0 Å². The van der Waals surface area contributed by atoms with Crippen molar-refractivity contribution in [2.45, 2.75) is 51.4 Å². The van der Waals surface area contributed by atoms with Gasteiger partial charge in [-0.1, -0.05) is 24.6 Å². The zero-order chi connectivity index (χ0) is 13.8. The number of hydrogen-bond donors (Lipinski definition) is 1. The molecule has 2 aliphatic carbocycles. The van der Waals surface area contributed by atoms with Gasteiger partial charge in [0, 0.05) is 6.54 Å². The van der Waals surface area contributed by atoms with E-state index in [9.17, 15) is 5.26 Å². The van der Waals surface area contributed by atoms with Gasteiger partial charge in [0.2, 0.25) is 0 Å². The summed E-state index contributed by atoms with van der Waals surface area (Å²) in [6.45, 7) is 1.86. The van der Waals surface area contributed by atoms with Crippen molar-refractivity contribution in [2.24, 2.45) is 5.41 Å². The van der Waals surface area contributed by atoms with Gasteiger partial charge >= 0.3 is 0 Å². The van der Waals surface area contributed by atoms with Crippen molar-refractivity contribution in [3.05, 3.63) is 34.9 Å². The molecule has 0 heterocycles. The van der Waals surface area contributed by atoms with Crippen LogP contribution in [0.3, 0.4) is 0 Å². The van der Waals surface area contributed by atoms with Gasteiger partial charge in [0.25, 0.3) is 0 Å². The van der Waals surface area contributed by atoms with Crippen LogP contribution >= 0.6 is 0 Å². The Balaban J connectivity index is 1.48. The maximum absolute atomic E-state index is 9.20. The van der Waals surface area contributed by atoms with Crippen molar-refractivity contribution in [2.75, 3.05) is 13.1 Å². The minimum absolute atomic E-state index is 0.0458. The third-order valence-corrected chi connectivity index (χ3v) is 5.01. The quantitative estimate of drug-likeness (QED) is 0.831. The van der Waals surface area contributed by atoms with Crippen LogP contribution in [0.4, 0.5) is 0 Å². The van der Waals surface area contributed by atoms with E-state index in [0.717, 1.165) is 32.4 Å². The van der Waals surface area contributed by atoms with E-state index in [4.69, 9.17) is 0 Å². The maximum Gasteiger partial charge on any atom is 0.0703 e. The second kappa shape index (κ2) is 5.97. The van der Waals surface area contributed by atoms with Crippen molar-refractivity contribution in [1.82, 2.24) is 5.32 Å². The summed E-state index contributed by atoms with van der Waals surface area (Å²) in [6, 6.07) is 9.51. The molecule has 2 heteroatoms. The van der Waals surface area contributed by atoms with Gasteiger partial charge in [-0.3, -0.25) is 0 Å². The Morgan fingerprint density at radius 1 is 1.10 bits per heavy atom. The van der Waals surface area contributed by atoms with Gasteiger partial charge in [-0.25, -0.2) is 0 Å².